The van der Waals surface area contributed by atoms with Gasteiger partial charge in [-0.05, 0) is 18.1 Å². The first-order valence-corrected chi connectivity index (χ1v) is 8.27. The third kappa shape index (κ3) is 3.42. The fourth-order valence-electron chi connectivity index (χ4n) is 2.95. The molecule has 4 heterocycles. The van der Waals surface area contributed by atoms with Gasteiger partial charge in [-0.15, -0.1) is 0 Å². The summed E-state index contributed by atoms with van der Waals surface area (Å²) in [6.07, 6.45) is 7.16. The van der Waals surface area contributed by atoms with E-state index in [4.69, 9.17) is 11.6 Å². The Bertz CT molecular complexity index is 942. The topological polar surface area (TPSA) is 87.7 Å². The highest BCUT2D eigenvalue weighted by Crippen LogP contribution is 2.19. The fraction of sp³-hybridized carbons (Fsp3) is 0.235. The van der Waals surface area contributed by atoms with Crippen molar-refractivity contribution < 1.29 is 0 Å². The molecule has 0 saturated carbocycles. The lowest BCUT2D eigenvalue weighted by molar-refractivity contribution is 0.240. The molecule has 7 nitrogen and oxygen atoms in total. The highest BCUT2D eigenvalue weighted by atomic mass is 35.5. The molecule has 4 rings (SSSR count). The summed E-state index contributed by atoms with van der Waals surface area (Å²) in [5.74, 6) is 0.499. The second kappa shape index (κ2) is 6.70. The van der Waals surface area contributed by atoms with Crippen LogP contribution >= 0.6 is 11.6 Å². The van der Waals surface area contributed by atoms with E-state index in [-0.39, 0.29) is 5.56 Å². The molecule has 0 saturated heterocycles. The Balaban J connectivity index is 1.60. The largest absolute Gasteiger partial charge is 0.306 e. The molecular weight excluding hydrogens is 340 g/mol. The van der Waals surface area contributed by atoms with Crippen molar-refractivity contribution in [1.82, 2.24) is 29.8 Å². The van der Waals surface area contributed by atoms with Crippen molar-refractivity contribution in [3.8, 4) is 11.4 Å². The molecule has 0 radical (unpaired) electrons. The van der Waals surface area contributed by atoms with E-state index in [1.165, 1.54) is 6.33 Å². The van der Waals surface area contributed by atoms with Gasteiger partial charge in [0.2, 0.25) is 0 Å². The van der Waals surface area contributed by atoms with Gasteiger partial charge in [0.15, 0.2) is 0 Å². The zero-order valence-electron chi connectivity index (χ0n) is 13.3. The first-order valence-electron chi connectivity index (χ1n) is 7.89. The summed E-state index contributed by atoms with van der Waals surface area (Å²) in [6, 6.07) is 3.74. The Hall–Kier alpha value is -2.64. The van der Waals surface area contributed by atoms with E-state index >= 15 is 0 Å². The summed E-state index contributed by atoms with van der Waals surface area (Å²) < 4.78 is 0. The summed E-state index contributed by atoms with van der Waals surface area (Å²) >= 11 is 5.83. The molecule has 0 aliphatic carbocycles. The van der Waals surface area contributed by atoms with Crippen molar-refractivity contribution >= 4 is 11.6 Å². The van der Waals surface area contributed by atoms with Crippen molar-refractivity contribution in [1.29, 1.82) is 0 Å². The number of nitrogens with one attached hydrogen (secondary N) is 1. The van der Waals surface area contributed by atoms with Gasteiger partial charge in [0.05, 0.1) is 11.3 Å². The molecule has 1 aliphatic rings. The maximum Gasteiger partial charge on any atom is 0.254 e. The van der Waals surface area contributed by atoms with E-state index in [9.17, 15) is 4.79 Å². The van der Waals surface area contributed by atoms with Gasteiger partial charge in [-0.2, -0.15) is 0 Å². The number of aromatic amines is 1. The van der Waals surface area contributed by atoms with Crippen LogP contribution in [0.5, 0.6) is 0 Å². The third-order valence-corrected chi connectivity index (χ3v) is 4.40. The molecule has 0 amide bonds. The van der Waals surface area contributed by atoms with Crippen molar-refractivity contribution in [2.75, 3.05) is 6.54 Å². The average molecular weight is 355 g/mol. The predicted molar refractivity (Wildman–Crippen MR) is 92.9 cm³/mol. The highest BCUT2D eigenvalue weighted by Gasteiger charge is 2.21. The van der Waals surface area contributed by atoms with Crippen LogP contribution in [0.1, 0.15) is 16.8 Å². The smallest absolute Gasteiger partial charge is 0.254 e. The van der Waals surface area contributed by atoms with Crippen LogP contribution in [0, 0.1) is 0 Å². The van der Waals surface area contributed by atoms with E-state index in [0.717, 1.165) is 29.9 Å². The maximum absolute atomic E-state index is 12.4. The lowest BCUT2D eigenvalue weighted by atomic mass is 10.1. The number of H-pyrrole nitrogens is 1. The van der Waals surface area contributed by atoms with Crippen molar-refractivity contribution in [3.63, 3.8) is 0 Å². The van der Waals surface area contributed by atoms with E-state index in [0.29, 0.717) is 29.5 Å². The van der Waals surface area contributed by atoms with Gasteiger partial charge in [0.1, 0.15) is 17.3 Å². The first kappa shape index (κ1) is 15.9. The summed E-state index contributed by atoms with van der Waals surface area (Å²) in [7, 11) is 0. The maximum atomic E-state index is 12.4. The molecule has 1 aliphatic heterocycles. The number of pyridine rings is 1. The molecule has 0 fully saturated rings. The number of hydrogen-bond acceptors (Lipinski definition) is 6. The second-order valence-corrected chi connectivity index (χ2v) is 6.30. The Kier molecular flexibility index (Phi) is 4.25. The van der Waals surface area contributed by atoms with Gasteiger partial charge in [-0.3, -0.25) is 9.69 Å². The van der Waals surface area contributed by atoms with Crippen LogP contribution in [0.3, 0.4) is 0 Å². The van der Waals surface area contributed by atoms with Gasteiger partial charge in [0, 0.05) is 43.8 Å². The number of aromatic nitrogens is 5. The summed E-state index contributed by atoms with van der Waals surface area (Å²) in [5, 5.41) is 0.482. The third-order valence-electron chi connectivity index (χ3n) is 4.18. The van der Waals surface area contributed by atoms with Gasteiger partial charge in [-0.25, -0.2) is 19.9 Å². The Labute approximate surface area is 148 Å². The quantitative estimate of drug-likeness (QED) is 0.722. The Morgan fingerprint density at radius 1 is 1.20 bits per heavy atom. The molecule has 0 bridgehead atoms. The van der Waals surface area contributed by atoms with E-state index in [1.54, 1.807) is 24.7 Å². The van der Waals surface area contributed by atoms with Gasteiger partial charge < -0.3 is 4.98 Å². The van der Waals surface area contributed by atoms with E-state index in [2.05, 4.69) is 29.8 Å². The molecule has 0 spiro atoms. The van der Waals surface area contributed by atoms with Gasteiger partial charge in [-0.1, -0.05) is 17.7 Å². The number of hydrogen-bond donors (Lipinski definition) is 1. The normalized spacial score (nSPS) is 14.3. The average Bonchev–Trinajstić information content (AvgIpc) is 2.64. The molecule has 0 unspecified atom stereocenters. The van der Waals surface area contributed by atoms with Crippen LogP contribution < -0.4 is 5.56 Å². The number of nitrogens with zero attached hydrogens (tertiary/aromatic N) is 5. The van der Waals surface area contributed by atoms with Crippen molar-refractivity contribution in [2.45, 2.75) is 19.5 Å². The van der Waals surface area contributed by atoms with Crippen molar-refractivity contribution in [3.05, 3.63) is 69.4 Å². The van der Waals surface area contributed by atoms with E-state index in [1.807, 2.05) is 6.07 Å². The predicted octanol–water partition coefficient (Wildman–Crippen LogP) is 1.83. The van der Waals surface area contributed by atoms with Crippen molar-refractivity contribution in [2.24, 2.45) is 0 Å². The molecule has 8 heteroatoms. The van der Waals surface area contributed by atoms with Crippen LogP contribution in [0.15, 0.2) is 41.8 Å². The number of rotatable bonds is 3. The minimum absolute atomic E-state index is 0.0864. The second-order valence-electron chi connectivity index (χ2n) is 5.92. The zero-order chi connectivity index (χ0) is 17.2. The monoisotopic (exact) mass is 354 g/mol. The summed E-state index contributed by atoms with van der Waals surface area (Å²) in [5.41, 5.74) is 3.24. The summed E-state index contributed by atoms with van der Waals surface area (Å²) in [4.78, 5) is 34.2. The van der Waals surface area contributed by atoms with Gasteiger partial charge >= 0.3 is 0 Å². The van der Waals surface area contributed by atoms with Crippen LogP contribution in [0.25, 0.3) is 11.4 Å². The van der Waals surface area contributed by atoms with Crippen LogP contribution in [-0.4, -0.2) is 36.4 Å². The summed E-state index contributed by atoms with van der Waals surface area (Å²) in [6.45, 7) is 2.15. The van der Waals surface area contributed by atoms with E-state index < -0.39 is 0 Å². The lowest BCUT2D eigenvalue weighted by Crippen LogP contribution is -2.35. The number of fused-ring (bicyclic) bond motifs is 1. The Morgan fingerprint density at radius 3 is 2.80 bits per heavy atom. The minimum atomic E-state index is -0.0864. The van der Waals surface area contributed by atoms with Crippen LogP contribution in [0.2, 0.25) is 5.15 Å². The molecule has 1 N–H and O–H groups in total. The molecule has 126 valence electrons. The first-order chi connectivity index (χ1) is 12.2. The molecule has 3 aromatic rings. The molecule has 0 aromatic carbocycles. The highest BCUT2D eigenvalue weighted by molar-refractivity contribution is 6.29. The molecule has 0 atom stereocenters. The minimum Gasteiger partial charge on any atom is -0.306 e. The SMILES string of the molecule is O=c1[nH]c(-c2cncnc2)nc2c1CCN(Cc1ccc(Cl)nc1)C2. The standard InChI is InChI=1S/C17H15ClN6O/c18-15-2-1-11(5-21-15)8-24-4-3-13-14(9-24)22-16(23-17(13)25)12-6-19-10-20-7-12/h1-2,5-7,10H,3-4,8-9H2,(H,22,23,25). The molecule has 25 heavy (non-hydrogen) atoms. The lowest BCUT2D eigenvalue weighted by Gasteiger charge is -2.27. The zero-order valence-corrected chi connectivity index (χ0v) is 14.1. The fourth-order valence-corrected chi connectivity index (χ4v) is 3.06. The van der Waals surface area contributed by atoms with Crippen LogP contribution in [0.4, 0.5) is 0 Å². The Morgan fingerprint density at radius 2 is 2.04 bits per heavy atom. The molecule has 3 aromatic heterocycles. The van der Waals surface area contributed by atoms with Gasteiger partial charge in [0.25, 0.3) is 5.56 Å². The number of halogens is 1. The van der Waals surface area contributed by atoms with Crippen LogP contribution in [-0.2, 0) is 19.5 Å². The molecular formula is C17H15ClN6O.